The van der Waals surface area contributed by atoms with E-state index in [-0.39, 0.29) is 47.2 Å². The molecular weight excluding hydrogens is 340 g/mol. The van der Waals surface area contributed by atoms with Gasteiger partial charge in [-0.15, -0.1) is 0 Å². The zero-order chi connectivity index (χ0) is 16.3. The van der Waals surface area contributed by atoms with Crippen molar-refractivity contribution in [1.29, 1.82) is 0 Å². The van der Waals surface area contributed by atoms with Gasteiger partial charge in [0.25, 0.3) is 10.1 Å². The van der Waals surface area contributed by atoms with E-state index in [1.807, 2.05) is 6.92 Å². The standard InChI is InChI=1S/C13H22O7S.Ca.2H/c1-3-5-7-11(10-20-12(14)6-4-2)13(15)19-8-9-21(16,17)18;;;/h4,6,11H,3,5,7-10H2,1-2H3,(H,16,17,18);;;/q;+2;2*-1. The van der Waals surface area contributed by atoms with E-state index in [2.05, 4.69) is 0 Å². The molecule has 1 N–H and O–H groups in total. The Kier molecular flexibility index (Phi) is 14.6. The second kappa shape index (κ2) is 13.3. The van der Waals surface area contributed by atoms with E-state index in [0.717, 1.165) is 12.8 Å². The average molecular weight is 364 g/mol. The molecule has 1 atom stereocenters. The molecular formula is C13H24CaO7S. The number of carbonyl (C=O) groups excluding carboxylic acids is 2. The Morgan fingerprint density at radius 3 is 2.45 bits per heavy atom. The zero-order valence-electron chi connectivity index (χ0n) is 15.0. The molecule has 0 aliphatic rings. The fraction of sp³-hybridized carbons (Fsp3) is 0.692. The van der Waals surface area contributed by atoms with Gasteiger partial charge in [-0.1, -0.05) is 25.8 Å². The van der Waals surface area contributed by atoms with E-state index in [9.17, 15) is 18.0 Å². The molecule has 0 aromatic heterocycles. The number of hydrogen-bond donors (Lipinski definition) is 1. The molecule has 22 heavy (non-hydrogen) atoms. The van der Waals surface area contributed by atoms with E-state index in [0.29, 0.717) is 6.42 Å². The van der Waals surface area contributed by atoms with E-state index in [4.69, 9.17) is 14.0 Å². The van der Waals surface area contributed by atoms with Crippen molar-refractivity contribution in [3.8, 4) is 0 Å². The molecule has 0 aliphatic carbocycles. The smallest absolute Gasteiger partial charge is 1.00 e. The SMILES string of the molecule is CC=CC(=O)OCC(CCCC)C(=O)OCCS(=O)(=O)O.[Ca+2].[H-].[H-]. The maximum atomic E-state index is 11.8. The minimum Gasteiger partial charge on any atom is -1.00 e. The van der Waals surface area contributed by atoms with Crippen LogP contribution in [-0.4, -0.2) is 81.6 Å². The van der Waals surface area contributed by atoms with Crippen LogP contribution >= 0.6 is 0 Å². The van der Waals surface area contributed by atoms with Crippen molar-refractivity contribution in [2.45, 2.75) is 33.1 Å². The topological polar surface area (TPSA) is 107 Å². The van der Waals surface area contributed by atoms with Crippen LogP contribution in [0.4, 0.5) is 0 Å². The van der Waals surface area contributed by atoms with Crippen LogP contribution in [0.15, 0.2) is 12.2 Å². The minimum absolute atomic E-state index is 0. The van der Waals surface area contributed by atoms with Gasteiger partial charge < -0.3 is 12.3 Å². The van der Waals surface area contributed by atoms with E-state index in [1.165, 1.54) is 12.2 Å². The van der Waals surface area contributed by atoms with E-state index in [1.54, 1.807) is 6.92 Å². The van der Waals surface area contributed by atoms with Gasteiger partial charge in [0.15, 0.2) is 0 Å². The van der Waals surface area contributed by atoms with Gasteiger partial charge in [-0.2, -0.15) is 8.42 Å². The molecule has 0 rings (SSSR count). The molecule has 0 bridgehead atoms. The van der Waals surface area contributed by atoms with Crippen molar-refractivity contribution in [2.75, 3.05) is 19.0 Å². The Hall–Kier alpha value is -0.150. The normalized spacial score (nSPS) is 12.5. The Balaban J connectivity index is -0.000000667. The van der Waals surface area contributed by atoms with Crippen LogP contribution < -0.4 is 0 Å². The molecule has 9 heteroatoms. The fourth-order valence-electron chi connectivity index (χ4n) is 1.45. The first kappa shape index (κ1) is 24.1. The maximum Gasteiger partial charge on any atom is 2.00 e. The molecule has 0 spiro atoms. The van der Waals surface area contributed by atoms with Crippen molar-refractivity contribution >= 4 is 59.8 Å². The number of hydrogen-bond acceptors (Lipinski definition) is 6. The Bertz CT molecular complexity index is 469. The molecule has 126 valence electrons. The van der Waals surface area contributed by atoms with Gasteiger partial charge in [0.2, 0.25) is 0 Å². The zero-order valence-corrected chi connectivity index (χ0v) is 16.0. The molecule has 0 fully saturated rings. The largest absolute Gasteiger partial charge is 2.00 e. The third kappa shape index (κ3) is 13.5. The monoisotopic (exact) mass is 364 g/mol. The number of unbranched alkanes of at least 4 members (excludes halogenated alkanes) is 1. The van der Waals surface area contributed by atoms with Crippen molar-refractivity contribution in [3.63, 3.8) is 0 Å². The summed E-state index contributed by atoms with van der Waals surface area (Å²) in [6.07, 6.45) is 4.84. The van der Waals surface area contributed by atoms with Gasteiger partial charge in [-0.05, 0) is 13.3 Å². The van der Waals surface area contributed by atoms with Crippen molar-refractivity contribution in [3.05, 3.63) is 12.2 Å². The summed E-state index contributed by atoms with van der Waals surface area (Å²) >= 11 is 0. The van der Waals surface area contributed by atoms with E-state index < -0.39 is 40.3 Å². The van der Waals surface area contributed by atoms with Gasteiger partial charge in [0.05, 0.1) is 5.92 Å². The summed E-state index contributed by atoms with van der Waals surface area (Å²) in [5.41, 5.74) is 0. The molecule has 0 radical (unpaired) electrons. The van der Waals surface area contributed by atoms with Crippen molar-refractivity contribution < 1.29 is 34.9 Å². The maximum absolute atomic E-state index is 11.8. The molecule has 0 aromatic carbocycles. The summed E-state index contributed by atoms with van der Waals surface area (Å²) in [5.74, 6) is -2.48. The number of ether oxygens (including phenoxy) is 2. The van der Waals surface area contributed by atoms with Gasteiger partial charge in [0, 0.05) is 6.08 Å². The van der Waals surface area contributed by atoms with Crippen LogP contribution in [0.3, 0.4) is 0 Å². The third-order valence-corrected chi connectivity index (χ3v) is 3.24. The van der Waals surface area contributed by atoms with Crippen LogP contribution in [0.1, 0.15) is 36.0 Å². The number of allylic oxidation sites excluding steroid dienone is 1. The second-order valence-corrected chi connectivity index (χ2v) is 5.99. The molecule has 0 heterocycles. The second-order valence-electron chi connectivity index (χ2n) is 4.42. The molecule has 0 saturated heterocycles. The van der Waals surface area contributed by atoms with Crippen LogP contribution in [-0.2, 0) is 29.2 Å². The molecule has 7 nitrogen and oxygen atoms in total. The van der Waals surface area contributed by atoms with Crippen molar-refractivity contribution in [1.82, 2.24) is 0 Å². The molecule has 1 unspecified atom stereocenters. The Morgan fingerprint density at radius 2 is 1.95 bits per heavy atom. The van der Waals surface area contributed by atoms with Gasteiger partial charge in [-0.25, -0.2) is 4.79 Å². The molecule has 0 aliphatic heterocycles. The van der Waals surface area contributed by atoms with Crippen LogP contribution in [0.5, 0.6) is 0 Å². The van der Waals surface area contributed by atoms with Crippen LogP contribution in [0.25, 0.3) is 0 Å². The Labute approximate surface area is 164 Å². The number of rotatable bonds is 10. The van der Waals surface area contributed by atoms with Crippen LogP contribution in [0.2, 0.25) is 0 Å². The van der Waals surface area contributed by atoms with Gasteiger partial charge in [-0.3, -0.25) is 9.35 Å². The average Bonchev–Trinajstić information content (AvgIpc) is 2.37. The Morgan fingerprint density at radius 1 is 1.32 bits per heavy atom. The number of esters is 2. The summed E-state index contributed by atoms with van der Waals surface area (Å²) in [6.45, 7) is 3.07. The summed E-state index contributed by atoms with van der Waals surface area (Å²) in [5, 5.41) is 0. The summed E-state index contributed by atoms with van der Waals surface area (Å²) < 4.78 is 39.3. The summed E-state index contributed by atoms with van der Waals surface area (Å²) in [7, 11) is -4.17. The number of carbonyl (C=O) groups is 2. The predicted molar refractivity (Wildman–Crippen MR) is 84.1 cm³/mol. The fourth-order valence-corrected chi connectivity index (χ4v) is 1.75. The predicted octanol–water partition coefficient (Wildman–Crippen LogP) is 1.19. The molecule has 0 amide bonds. The quantitative estimate of drug-likeness (QED) is 0.268. The molecule has 0 aromatic rings. The third-order valence-electron chi connectivity index (χ3n) is 2.55. The summed E-state index contributed by atoms with van der Waals surface area (Å²) in [4.78, 5) is 23.0. The first-order valence-corrected chi connectivity index (χ1v) is 8.32. The molecule has 0 saturated carbocycles. The van der Waals surface area contributed by atoms with Crippen molar-refractivity contribution in [2.24, 2.45) is 5.92 Å². The van der Waals surface area contributed by atoms with E-state index >= 15 is 0 Å². The first-order chi connectivity index (χ1) is 9.80. The first-order valence-electron chi connectivity index (χ1n) is 6.71. The van der Waals surface area contributed by atoms with Crippen LogP contribution in [0, 0.1) is 5.92 Å². The van der Waals surface area contributed by atoms with Gasteiger partial charge >= 0.3 is 49.7 Å². The van der Waals surface area contributed by atoms with Gasteiger partial charge in [0.1, 0.15) is 19.0 Å². The summed E-state index contributed by atoms with van der Waals surface area (Å²) in [6, 6.07) is 0. The minimum atomic E-state index is -4.17.